The molecule has 0 saturated carbocycles. The number of rotatable bonds is 7. The zero-order valence-corrected chi connectivity index (χ0v) is 15.4. The van der Waals surface area contributed by atoms with E-state index in [1.807, 2.05) is 0 Å². The van der Waals surface area contributed by atoms with Gasteiger partial charge in [-0.2, -0.15) is 0 Å². The molecule has 0 aliphatic carbocycles. The molecule has 1 heterocycles. The molecule has 3 aromatic rings. The second-order valence-corrected chi connectivity index (χ2v) is 6.33. The topological polar surface area (TPSA) is 104 Å². The van der Waals surface area contributed by atoms with Gasteiger partial charge >= 0.3 is 0 Å². The number of aromatic nitrogens is 1. The molecule has 1 aromatic heterocycles. The minimum Gasteiger partial charge on any atom is -0.496 e. The number of non-ortho nitro benzene ring substituents is 1. The molecule has 0 aliphatic heterocycles. The molecule has 8 nitrogen and oxygen atoms in total. The lowest BCUT2D eigenvalue weighted by molar-refractivity contribution is -0.384. The van der Waals surface area contributed by atoms with Crippen LogP contribution in [0.4, 0.5) is 15.2 Å². The number of nitro groups is 1. The monoisotopic (exact) mass is 403 g/mol. The van der Waals surface area contributed by atoms with Crippen LogP contribution in [-0.2, 0) is 4.79 Å². The summed E-state index contributed by atoms with van der Waals surface area (Å²) in [4.78, 5) is 26.4. The summed E-state index contributed by atoms with van der Waals surface area (Å²) in [5.74, 6) is -0.0903. The van der Waals surface area contributed by atoms with Gasteiger partial charge < -0.3 is 9.47 Å². The molecule has 0 aliphatic rings. The molecule has 28 heavy (non-hydrogen) atoms. The number of halogens is 1. The third-order valence-corrected chi connectivity index (χ3v) is 4.36. The van der Waals surface area contributed by atoms with Crippen LogP contribution in [0.1, 0.15) is 0 Å². The van der Waals surface area contributed by atoms with Gasteiger partial charge in [-0.3, -0.25) is 20.2 Å². The van der Waals surface area contributed by atoms with Crippen LogP contribution in [-0.4, -0.2) is 29.5 Å². The fourth-order valence-electron chi connectivity index (χ4n) is 2.30. The number of nitro benzene ring substituents is 1. The highest BCUT2D eigenvalue weighted by molar-refractivity contribution is 7.14. The van der Waals surface area contributed by atoms with Crippen molar-refractivity contribution in [3.05, 3.63) is 63.8 Å². The molecule has 1 N–H and O–H groups in total. The summed E-state index contributed by atoms with van der Waals surface area (Å²) in [6, 6.07) is 9.47. The van der Waals surface area contributed by atoms with Gasteiger partial charge in [0.1, 0.15) is 17.3 Å². The number of methoxy groups -OCH3 is 1. The van der Waals surface area contributed by atoms with Crippen LogP contribution in [0.15, 0.2) is 47.8 Å². The molecule has 0 atom stereocenters. The number of nitrogens with zero attached hydrogens (tertiary/aromatic N) is 2. The van der Waals surface area contributed by atoms with E-state index in [4.69, 9.17) is 9.47 Å². The second kappa shape index (κ2) is 8.44. The maximum absolute atomic E-state index is 13.5. The van der Waals surface area contributed by atoms with Crippen LogP contribution >= 0.6 is 11.3 Å². The predicted molar refractivity (Wildman–Crippen MR) is 101 cm³/mol. The molecule has 144 valence electrons. The Morgan fingerprint density at radius 3 is 2.71 bits per heavy atom. The third kappa shape index (κ3) is 4.60. The van der Waals surface area contributed by atoms with Crippen molar-refractivity contribution < 1.29 is 23.6 Å². The van der Waals surface area contributed by atoms with E-state index < -0.39 is 16.6 Å². The van der Waals surface area contributed by atoms with Crippen LogP contribution in [0.25, 0.3) is 11.3 Å². The first-order chi connectivity index (χ1) is 13.5. The Morgan fingerprint density at radius 2 is 2.04 bits per heavy atom. The van der Waals surface area contributed by atoms with Crippen molar-refractivity contribution >= 4 is 28.1 Å². The van der Waals surface area contributed by atoms with Crippen molar-refractivity contribution in [3.63, 3.8) is 0 Å². The lowest BCUT2D eigenvalue weighted by Crippen LogP contribution is -2.20. The largest absolute Gasteiger partial charge is 0.496 e. The van der Waals surface area contributed by atoms with E-state index >= 15 is 0 Å². The summed E-state index contributed by atoms with van der Waals surface area (Å²) >= 11 is 1.17. The molecule has 3 rings (SSSR count). The van der Waals surface area contributed by atoms with Gasteiger partial charge in [0.2, 0.25) is 0 Å². The minimum absolute atomic E-state index is 0.0695. The smallest absolute Gasteiger partial charge is 0.269 e. The number of carbonyl (C=O) groups excluding carboxylic acids is 1. The van der Waals surface area contributed by atoms with Crippen molar-refractivity contribution in [2.75, 3.05) is 19.0 Å². The number of hydrogen-bond donors (Lipinski definition) is 1. The average Bonchev–Trinajstić information content (AvgIpc) is 3.15. The molecule has 10 heteroatoms. The highest BCUT2D eigenvalue weighted by Gasteiger charge is 2.13. The molecule has 0 spiro atoms. The third-order valence-electron chi connectivity index (χ3n) is 3.61. The van der Waals surface area contributed by atoms with Crippen molar-refractivity contribution in [2.24, 2.45) is 0 Å². The Labute approximate surface area is 162 Å². The fourth-order valence-corrected chi connectivity index (χ4v) is 3.03. The first kappa shape index (κ1) is 19.2. The van der Waals surface area contributed by atoms with Crippen LogP contribution < -0.4 is 14.8 Å². The normalized spacial score (nSPS) is 10.4. The van der Waals surface area contributed by atoms with Gasteiger partial charge in [-0.05, 0) is 30.3 Å². The average molecular weight is 403 g/mol. The molecule has 0 radical (unpaired) electrons. The number of carbonyl (C=O) groups is 1. The van der Waals surface area contributed by atoms with E-state index in [1.165, 1.54) is 60.9 Å². The maximum atomic E-state index is 13.5. The highest BCUT2D eigenvalue weighted by atomic mass is 32.1. The van der Waals surface area contributed by atoms with E-state index in [0.29, 0.717) is 27.9 Å². The lowest BCUT2D eigenvalue weighted by atomic mass is 10.1. The van der Waals surface area contributed by atoms with Gasteiger partial charge in [-0.25, -0.2) is 9.37 Å². The van der Waals surface area contributed by atoms with Gasteiger partial charge in [0.25, 0.3) is 11.6 Å². The summed E-state index contributed by atoms with van der Waals surface area (Å²) in [5.41, 5.74) is 0.870. The van der Waals surface area contributed by atoms with E-state index in [9.17, 15) is 19.3 Å². The van der Waals surface area contributed by atoms with Crippen molar-refractivity contribution in [1.29, 1.82) is 0 Å². The van der Waals surface area contributed by atoms with E-state index in [2.05, 4.69) is 10.3 Å². The van der Waals surface area contributed by atoms with Crippen molar-refractivity contribution in [1.82, 2.24) is 4.98 Å². The number of hydrogen-bond acceptors (Lipinski definition) is 7. The fraction of sp³-hybridized carbons (Fsp3) is 0.111. The number of thiazole rings is 1. The summed E-state index contributed by atoms with van der Waals surface area (Å²) in [6.45, 7) is -0.296. The van der Waals surface area contributed by atoms with Crippen molar-refractivity contribution in [2.45, 2.75) is 0 Å². The predicted octanol–water partition coefficient (Wildman–Crippen LogP) is 3.88. The lowest BCUT2D eigenvalue weighted by Gasteiger charge is -2.06. The zero-order chi connectivity index (χ0) is 20.1. The van der Waals surface area contributed by atoms with Gasteiger partial charge in [-0.15, -0.1) is 11.3 Å². The second-order valence-electron chi connectivity index (χ2n) is 5.47. The molecular formula is C18H14FN3O5S. The minimum atomic E-state index is -0.524. The molecule has 0 unspecified atom stereocenters. The SMILES string of the molecule is COc1ccc(F)cc1-c1csc(NC(=O)COc2ccc([N+](=O)[O-])cc2)n1. The first-order valence-corrected chi connectivity index (χ1v) is 8.81. The molecular weight excluding hydrogens is 389 g/mol. The Morgan fingerprint density at radius 1 is 1.29 bits per heavy atom. The zero-order valence-electron chi connectivity index (χ0n) is 14.5. The van der Waals surface area contributed by atoms with E-state index in [1.54, 1.807) is 5.38 Å². The highest BCUT2D eigenvalue weighted by Crippen LogP contribution is 2.32. The van der Waals surface area contributed by atoms with Crippen LogP contribution in [0.5, 0.6) is 11.5 Å². The van der Waals surface area contributed by atoms with Crippen LogP contribution in [0, 0.1) is 15.9 Å². The van der Waals surface area contributed by atoms with Gasteiger partial charge in [0.15, 0.2) is 11.7 Å². The molecule has 0 fully saturated rings. The Kier molecular flexibility index (Phi) is 5.80. The van der Waals surface area contributed by atoms with Gasteiger partial charge in [-0.1, -0.05) is 0 Å². The quantitative estimate of drug-likeness (QED) is 0.474. The number of ether oxygens (including phenoxy) is 2. The standard InChI is InChI=1S/C18H14FN3O5S/c1-26-16-7-2-11(19)8-14(16)15-10-28-18(20-15)21-17(23)9-27-13-5-3-12(4-6-13)22(24)25/h2-8,10H,9H2,1H3,(H,20,21,23). The first-order valence-electron chi connectivity index (χ1n) is 7.93. The van der Waals surface area contributed by atoms with E-state index in [-0.39, 0.29) is 12.3 Å². The summed E-state index contributed by atoms with van der Waals surface area (Å²) in [7, 11) is 1.47. The number of anilines is 1. The van der Waals surface area contributed by atoms with E-state index in [0.717, 1.165) is 0 Å². The molecule has 0 saturated heterocycles. The number of nitrogens with one attached hydrogen (secondary N) is 1. The Hall–Kier alpha value is -3.53. The van der Waals surface area contributed by atoms with Crippen molar-refractivity contribution in [3.8, 4) is 22.8 Å². The Balaban J connectivity index is 1.61. The van der Waals surface area contributed by atoms with Crippen LogP contribution in [0.2, 0.25) is 0 Å². The molecule has 0 bridgehead atoms. The van der Waals surface area contributed by atoms with Gasteiger partial charge in [0, 0.05) is 23.1 Å². The van der Waals surface area contributed by atoms with Gasteiger partial charge in [0.05, 0.1) is 17.7 Å². The maximum Gasteiger partial charge on any atom is 0.269 e. The molecule has 1 amide bonds. The molecule has 2 aromatic carbocycles. The Bertz CT molecular complexity index is 1010. The summed E-state index contributed by atoms with van der Waals surface area (Å²) in [5, 5.41) is 15.2. The number of benzene rings is 2. The van der Waals surface area contributed by atoms with Crippen LogP contribution in [0.3, 0.4) is 0 Å². The summed E-state index contributed by atoms with van der Waals surface area (Å²) in [6.07, 6.45) is 0. The number of amides is 1. The summed E-state index contributed by atoms with van der Waals surface area (Å²) < 4.78 is 24.0.